The minimum atomic E-state index is -1.41. The first-order chi connectivity index (χ1) is 10.8. The third kappa shape index (κ3) is 4.29. The number of rotatable bonds is 5. The van der Waals surface area contributed by atoms with E-state index in [9.17, 15) is 9.59 Å². The average Bonchev–Trinajstić information content (AvgIpc) is 2.65. The van der Waals surface area contributed by atoms with Crippen molar-refractivity contribution in [3.63, 3.8) is 0 Å². The summed E-state index contributed by atoms with van der Waals surface area (Å²) >= 11 is 0. The van der Waals surface area contributed by atoms with Gasteiger partial charge in [0.2, 0.25) is 5.88 Å². The Hall–Kier alpha value is -2.89. The standard InChI is InChI=1S/C17H17NO5/c1-17(2)8-4-3-5-11(9-17)10-23-13-7-6-12(15(19)20)14(18-13)16(21)22/h3-9H,10H2,1-2H3,(H,19,20)(H,21,22). The molecular weight excluding hydrogens is 298 g/mol. The lowest BCUT2D eigenvalue weighted by molar-refractivity contribution is 0.0645. The lowest BCUT2D eigenvalue weighted by Gasteiger charge is -2.15. The molecule has 0 atom stereocenters. The highest BCUT2D eigenvalue weighted by molar-refractivity contribution is 6.00. The molecular formula is C17H17NO5. The van der Waals surface area contributed by atoms with E-state index < -0.39 is 17.6 Å². The van der Waals surface area contributed by atoms with Gasteiger partial charge in [-0.15, -0.1) is 0 Å². The van der Waals surface area contributed by atoms with Gasteiger partial charge in [0.1, 0.15) is 6.61 Å². The first-order valence-corrected chi connectivity index (χ1v) is 6.96. The number of hydrogen-bond donors (Lipinski definition) is 2. The summed E-state index contributed by atoms with van der Waals surface area (Å²) in [7, 11) is 0. The van der Waals surface area contributed by atoms with Crippen molar-refractivity contribution in [3.8, 4) is 5.88 Å². The van der Waals surface area contributed by atoms with Gasteiger partial charge < -0.3 is 14.9 Å². The molecule has 2 N–H and O–H groups in total. The summed E-state index contributed by atoms with van der Waals surface area (Å²) in [5, 5.41) is 18.0. The first kappa shape index (κ1) is 16.5. The molecule has 6 nitrogen and oxygen atoms in total. The smallest absolute Gasteiger partial charge is 0.355 e. The van der Waals surface area contributed by atoms with Crippen molar-refractivity contribution in [2.45, 2.75) is 13.8 Å². The molecule has 0 unspecified atom stereocenters. The van der Waals surface area contributed by atoms with Crippen LogP contribution in [0.25, 0.3) is 0 Å². The quantitative estimate of drug-likeness (QED) is 0.867. The highest BCUT2D eigenvalue weighted by Gasteiger charge is 2.19. The maximum Gasteiger partial charge on any atom is 0.355 e. The minimum Gasteiger partial charge on any atom is -0.478 e. The summed E-state index contributed by atoms with van der Waals surface area (Å²) in [5.74, 6) is -2.69. The van der Waals surface area contributed by atoms with Crippen molar-refractivity contribution in [2.24, 2.45) is 5.41 Å². The van der Waals surface area contributed by atoms with E-state index in [0.29, 0.717) is 0 Å². The van der Waals surface area contributed by atoms with Crippen molar-refractivity contribution in [1.29, 1.82) is 0 Å². The topological polar surface area (TPSA) is 96.7 Å². The van der Waals surface area contributed by atoms with Crippen molar-refractivity contribution in [3.05, 3.63) is 59.3 Å². The normalized spacial score (nSPS) is 15.7. The second kappa shape index (κ2) is 6.48. The predicted molar refractivity (Wildman–Crippen MR) is 83.8 cm³/mol. The number of carbonyl (C=O) groups is 2. The van der Waals surface area contributed by atoms with Gasteiger partial charge in [-0.25, -0.2) is 14.6 Å². The van der Waals surface area contributed by atoms with Gasteiger partial charge in [0.25, 0.3) is 0 Å². The maximum absolute atomic E-state index is 11.1. The molecule has 6 heteroatoms. The second-order valence-corrected chi connectivity index (χ2v) is 5.70. The summed E-state index contributed by atoms with van der Waals surface area (Å²) in [6, 6.07) is 2.52. The molecule has 120 valence electrons. The fourth-order valence-corrected chi connectivity index (χ4v) is 2.16. The van der Waals surface area contributed by atoms with E-state index >= 15 is 0 Å². The molecule has 0 radical (unpaired) electrons. The minimum absolute atomic E-state index is 0.0664. The highest BCUT2D eigenvalue weighted by atomic mass is 16.5. The summed E-state index contributed by atoms with van der Waals surface area (Å²) in [4.78, 5) is 25.9. The zero-order valence-electron chi connectivity index (χ0n) is 12.8. The van der Waals surface area contributed by atoms with Gasteiger partial charge in [0, 0.05) is 11.5 Å². The van der Waals surface area contributed by atoms with E-state index in [2.05, 4.69) is 24.9 Å². The van der Waals surface area contributed by atoms with Crippen LogP contribution in [0.15, 0.2) is 48.1 Å². The van der Waals surface area contributed by atoms with Crippen LogP contribution in [0.2, 0.25) is 0 Å². The van der Waals surface area contributed by atoms with Gasteiger partial charge in [-0.05, 0) is 11.6 Å². The Morgan fingerprint density at radius 1 is 1.17 bits per heavy atom. The zero-order valence-corrected chi connectivity index (χ0v) is 12.8. The molecule has 1 aliphatic rings. The van der Waals surface area contributed by atoms with E-state index in [1.165, 1.54) is 12.1 Å². The van der Waals surface area contributed by atoms with Crippen LogP contribution < -0.4 is 4.74 Å². The van der Waals surface area contributed by atoms with Gasteiger partial charge in [-0.1, -0.05) is 44.2 Å². The number of hydrogen-bond acceptors (Lipinski definition) is 4. The van der Waals surface area contributed by atoms with Gasteiger partial charge in [-0.2, -0.15) is 0 Å². The van der Waals surface area contributed by atoms with Crippen LogP contribution in [0.1, 0.15) is 34.7 Å². The molecule has 1 heterocycles. The Kier molecular flexibility index (Phi) is 4.64. The molecule has 1 aliphatic carbocycles. The molecule has 0 spiro atoms. The van der Waals surface area contributed by atoms with E-state index in [-0.39, 0.29) is 23.5 Å². The SMILES string of the molecule is CC1(C)C=CC=CC(COc2ccc(C(=O)O)c(C(=O)O)n2)=C1. The third-order valence-electron chi connectivity index (χ3n) is 3.19. The van der Waals surface area contributed by atoms with Crippen molar-refractivity contribution < 1.29 is 24.5 Å². The number of aromatic carboxylic acids is 2. The molecule has 2 rings (SSSR count). The summed E-state index contributed by atoms with van der Waals surface area (Å²) in [6.45, 7) is 4.32. The molecule has 0 aliphatic heterocycles. The molecule has 0 bridgehead atoms. The summed E-state index contributed by atoms with van der Waals surface area (Å²) in [5.41, 5.74) is -0.109. The lowest BCUT2D eigenvalue weighted by Crippen LogP contribution is -2.12. The predicted octanol–water partition coefficient (Wildman–Crippen LogP) is 2.94. The molecule has 0 fully saturated rings. The van der Waals surface area contributed by atoms with E-state index in [1.807, 2.05) is 24.3 Å². The van der Waals surface area contributed by atoms with Crippen molar-refractivity contribution >= 4 is 11.9 Å². The Morgan fingerprint density at radius 2 is 1.91 bits per heavy atom. The van der Waals surface area contributed by atoms with Crippen LogP contribution in [0, 0.1) is 5.41 Å². The number of pyridine rings is 1. The van der Waals surface area contributed by atoms with Crippen molar-refractivity contribution in [1.82, 2.24) is 4.98 Å². The van der Waals surface area contributed by atoms with E-state index in [4.69, 9.17) is 14.9 Å². The highest BCUT2D eigenvalue weighted by Crippen LogP contribution is 2.24. The Morgan fingerprint density at radius 3 is 2.57 bits per heavy atom. The third-order valence-corrected chi connectivity index (χ3v) is 3.19. The lowest BCUT2D eigenvalue weighted by atomic mass is 9.91. The molecule has 0 saturated heterocycles. The monoisotopic (exact) mass is 315 g/mol. The fourth-order valence-electron chi connectivity index (χ4n) is 2.16. The van der Waals surface area contributed by atoms with Crippen LogP contribution in [-0.2, 0) is 0 Å². The second-order valence-electron chi connectivity index (χ2n) is 5.70. The number of ether oxygens (including phenoxy) is 1. The number of allylic oxidation sites excluding steroid dienone is 4. The van der Waals surface area contributed by atoms with Gasteiger partial charge in [0.05, 0.1) is 5.56 Å². The van der Waals surface area contributed by atoms with Gasteiger partial charge >= 0.3 is 11.9 Å². The van der Waals surface area contributed by atoms with Gasteiger partial charge in [-0.3, -0.25) is 0 Å². The van der Waals surface area contributed by atoms with E-state index in [1.54, 1.807) is 0 Å². The zero-order chi connectivity index (χ0) is 17.0. The maximum atomic E-state index is 11.1. The summed E-state index contributed by atoms with van der Waals surface area (Å²) < 4.78 is 5.51. The Balaban J connectivity index is 2.18. The van der Waals surface area contributed by atoms with Crippen LogP contribution in [0.4, 0.5) is 0 Å². The molecule has 1 aromatic heterocycles. The number of aromatic nitrogens is 1. The molecule has 0 amide bonds. The first-order valence-electron chi connectivity index (χ1n) is 6.96. The van der Waals surface area contributed by atoms with Crippen LogP contribution in [0.5, 0.6) is 5.88 Å². The van der Waals surface area contributed by atoms with Gasteiger partial charge in [0.15, 0.2) is 5.69 Å². The summed E-state index contributed by atoms with van der Waals surface area (Å²) in [6.07, 6.45) is 9.84. The number of carboxylic acids is 2. The van der Waals surface area contributed by atoms with E-state index in [0.717, 1.165) is 5.57 Å². The average molecular weight is 315 g/mol. The number of nitrogens with zero attached hydrogens (tertiary/aromatic N) is 1. The Labute approximate surface area is 133 Å². The molecule has 0 aromatic carbocycles. The van der Waals surface area contributed by atoms with Crippen LogP contribution in [-0.4, -0.2) is 33.7 Å². The fraction of sp³-hybridized carbons (Fsp3) is 0.235. The van der Waals surface area contributed by atoms with Crippen molar-refractivity contribution in [2.75, 3.05) is 6.61 Å². The molecule has 23 heavy (non-hydrogen) atoms. The van der Waals surface area contributed by atoms with Crippen LogP contribution in [0.3, 0.4) is 0 Å². The Bertz CT molecular complexity index is 728. The van der Waals surface area contributed by atoms with Crippen LogP contribution >= 0.6 is 0 Å². The molecule has 1 aromatic rings. The number of carboxylic acid groups (broad SMARTS) is 2. The molecule has 0 saturated carbocycles. The largest absolute Gasteiger partial charge is 0.478 e.